The van der Waals surface area contributed by atoms with E-state index in [1.54, 1.807) is 0 Å². The van der Waals surface area contributed by atoms with E-state index in [9.17, 15) is 21.6 Å². The van der Waals surface area contributed by atoms with E-state index < -0.39 is 37.5 Å². The number of rotatable bonds is 9. The van der Waals surface area contributed by atoms with E-state index in [1.807, 2.05) is 13.8 Å². The van der Waals surface area contributed by atoms with Gasteiger partial charge in [-0.2, -0.15) is 0 Å². The quantitative estimate of drug-likeness (QED) is 0.669. The van der Waals surface area contributed by atoms with Crippen LogP contribution in [0.15, 0.2) is 29.2 Å². The van der Waals surface area contributed by atoms with Crippen molar-refractivity contribution in [3.05, 3.63) is 29.8 Å². The molecule has 1 unspecified atom stereocenters. The Morgan fingerprint density at radius 1 is 1.21 bits per heavy atom. The maximum atomic E-state index is 12.1. The van der Waals surface area contributed by atoms with Gasteiger partial charge >= 0.3 is 5.97 Å². The molecule has 0 heterocycles. The van der Waals surface area contributed by atoms with E-state index in [2.05, 4.69) is 4.72 Å². The SMILES string of the molecule is CC(C)CC(CNS(=O)(=O)Cc1cccc(S(C)(=O)=O)c1)C(=O)O. The molecule has 0 spiro atoms. The van der Waals surface area contributed by atoms with Gasteiger partial charge in [0.05, 0.1) is 16.6 Å². The maximum Gasteiger partial charge on any atom is 0.307 e. The number of sulfone groups is 1. The fourth-order valence-electron chi connectivity index (χ4n) is 2.20. The number of carbonyl (C=O) groups is 1. The number of hydrogen-bond donors (Lipinski definition) is 2. The Morgan fingerprint density at radius 2 is 1.83 bits per heavy atom. The first kappa shape index (κ1) is 20.6. The van der Waals surface area contributed by atoms with Crippen molar-refractivity contribution in [3.63, 3.8) is 0 Å². The molecule has 0 amide bonds. The summed E-state index contributed by atoms with van der Waals surface area (Å²) in [6.07, 6.45) is 1.41. The fraction of sp³-hybridized carbons (Fsp3) is 0.533. The van der Waals surface area contributed by atoms with Crippen molar-refractivity contribution < 1.29 is 26.7 Å². The second-order valence-electron chi connectivity index (χ2n) is 6.19. The number of nitrogens with one attached hydrogen (secondary N) is 1. The topological polar surface area (TPSA) is 118 Å². The second kappa shape index (κ2) is 8.09. The summed E-state index contributed by atoms with van der Waals surface area (Å²) < 4.78 is 49.6. The van der Waals surface area contributed by atoms with Gasteiger partial charge in [0.2, 0.25) is 10.0 Å². The lowest BCUT2D eigenvalue weighted by Crippen LogP contribution is -2.34. The molecular weight excluding hydrogens is 354 g/mol. The minimum atomic E-state index is -3.77. The largest absolute Gasteiger partial charge is 0.481 e. The van der Waals surface area contributed by atoms with Crippen molar-refractivity contribution >= 4 is 25.8 Å². The maximum absolute atomic E-state index is 12.1. The predicted molar refractivity (Wildman–Crippen MR) is 90.8 cm³/mol. The zero-order chi connectivity index (χ0) is 18.5. The Kier molecular flexibility index (Phi) is 6.94. The lowest BCUT2D eigenvalue weighted by atomic mass is 9.98. The number of sulfonamides is 1. The molecule has 0 radical (unpaired) electrons. The third kappa shape index (κ3) is 6.98. The first-order chi connectivity index (χ1) is 10.9. The highest BCUT2D eigenvalue weighted by Crippen LogP contribution is 2.15. The smallest absolute Gasteiger partial charge is 0.307 e. The van der Waals surface area contributed by atoms with E-state index in [-0.39, 0.29) is 17.4 Å². The third-order valence-corrected chi connectivity index (χ3v) is 5.77. The van der Waals surface area contributed by atoms with Crippen LogP contribution in [0, 0.1) is 11.8 Å². The van der Waals surface area contributed by atoms with Crippen LogP contribution in [0.5, 0.6) is 0 Å². The average Bonchev–Trinajstić information content (AvgIpc) is 2.41. The van der Waals surface area contributed by atoms with Crippen LogP contribution in [0.3, 0.4) is 0 Å². The molecule has 1 aromatic carbocycles. The van der Waals surface area contributed by atoms with Gasteiger partial charge in [-0.05, 0) is 30.0 Å². The van der Waals surface area contributed by atoms with E-state index >= 15 is 0 Å². The second-order valence-corrected chi connectivity index (χ2v) is 10.0. The Morgan fingerprint density at radius 3 is 2.33 bits per heavy atom. The first-order valence-corrected chi connectivity index (χ1v) is 10.9. The number of carboxylic acid groups (broad SMARTS) is 1. The van der Waals surface area contributed by atoms with E-state index in [1.165, 1.54) is 24.3 Å². The molecule has 0 saturated carbocycles. The van der Waals surface area contributed by atoms with Crippen LogP contribution < -0.4 is 4.72 Å². The first-order valence-electron chi connectivity index (χ1n) is 7.40. The van der Waals surface area contributed by atoms with E-state index in [0.29, 0.717) is 12.0 Å². The van der Waals surface area contributed by atoms with Crippen molar-refractivity contribution in [1.82, 2.24) is 4.72 Å². The van der Waals surface area contributed by atoms with Crippen molar-refractivity contribution in [3.8, 4) is 0 Å². The average molecular weight is 377 g/mol. The highest BCUT2D eigenvalue weighted by Gasteiger charge is 2.22. The van der Waals surface area contributed by atoms with Gasteiger partial charge in [-0.15, -0.1) is 0 Å². The number of hydrogen-bond acceptors (Lipinski definition) is 5. The minimum Gasteiger partial charge on any atom is -0.481 e. The van der Waals surface area contributed by atoms with Gasteiger partial charge in [0, 0.05) is 12.8 Å². The van der Waals surface area contributed by atoms with Gasteiger partial charge in [-0.25, -0.2) is 21.6 Å². The Hall–Kier alpha value is -1.45. The molecule has 0 aliphatic rings. The molecule has 9 heteroatoms. The van der Waals surface area contributed by atoms with Gasteiger partial charge in [0.15, 0.2) is 9.84 Å². The van der Waals surface area contributed by atoms with Gasteiger partial charge in [0.1, 0.15) is 0 Å². The van der Waals surface area contributed by atoms with Gasteiger partial charge < -0.3 is 5.11 Å². The minimum absolute atomic E-state index is 0.0402. The summed E-state index contributed by atoms with van der Waals surface area (Å²) in [6, 6.07) is 5.68. The number of carboxylic acids is 1. The summed E-state index contributed by atoms with van der Waals surface area (Å²) in [4.78, 5) is 11.2. The summed E-state index contributed by atoms with van der Waals surface area (Å²) >= 11 is 0. The molecule has 0 aliphatic heterocycles. The molecule has 0 aliphatic carbocycles. The van der Waals surface area contributed by atoms with Crippen LogP contribution >= 0.6 is 0 Å². The molecule has 0 bridgehead atoms. The Bertz CT molecular complexity index is 784. The molecule has 7 nitrogen and oxygen atoms in total. The molecule has 136 valence electrons. The molecule has 1 rings (SSSR count). The summed E-state index contributed by atoms with van der Waals surface area (Å²) in [7, 11) is -7.19. The molecule has 0 fully saturated rings. The van der Waals surface area contributed by atoms with Crippen molar-refractivity contribution in [1.29, 1.82) is 0 Å². The van der Waals surface area contributed by atoms with Gasteiger partial charge in [0.25, 0.3) is 0 Å². The summed E-state index contributed by atoms with van der Waals surface area (Å²) in [5.74, 6) is -2.14. The van der Waals surface area contributed by atoms with Crippen LogP contribution in [-0.2, 0) is 30.4 Å². The molecule has 2 N–H and O–H groups in total. The molecule has 1 atom stereocenters. The fourth-order valence-corrected chi connectivity index (χ4v) is 4.07. The van der Waals surface area contributed by atoms with Crippen molar-refractivity contribution in [2.45, 2.75) is 30.9 Å². The number of aliphatic carboxylic acids is 1. The Labute approximate surface area is 143 Å². The van der Waals surface area contributed by atoms with Crippen LogP contribution in [0.2, 0.25) is 0 Å². The van der Waals surface area contributed by atoms with E-state index in [0.717, 1.165) is 6.26 Å². The predicted octanol–water partition coefficient (Wildman–Crippen LogP) is 1.26. The normalized spacial score (nSPS) is 13.8. The van der Waals surface area contributed by atoms with Crippen molar-refractivity contribution in [2.24, 2.45) is 11.8 Å². The van der Waals surface area contributed by atoms with Gasteiger partial charge in [-0.1, -0.05) is 26.0 Å². The van der Waals surface area contributed by atoms with Crippen LogP contribution in [-0.4, -0.2) is 40.7 Å². The van der Waals surface area contributed by atoms with E-state index in [4.69, 9.17) is 5.11 Å². The highest BCUT2D eigenvalue weighted by atomic mass is 32.2. The van der Waals surface area contributed by atoms with Crippen molar-refractivity contribution in [2.75, 3.05) is 12.8 Å². The molecule has 24 heavy (non-hydrogen) atoms. The number of benzene rings is 1. The molecule has 1 aromatic rings. The zero-order valence-electron chi connectivity index (χ0n) is 13.9. The Balaban J connectivity index is 2.82. The standard InChI is InChI=1S/C15H23NO6S2/c1-11(2)7-13(15(17)18)9-16-24(21,22)10-12-5-4-6-14(8-12)23(3,19)20/h4-6,8,11,13,16H,7,9-10H2,1-3H3,(H,17,18). The molecule has 0 saturated heterocycles. The third-order valence-electron chi connectivity index (χ3n) is 3.34. The zero-order valence-corrected chi connectivity index (χ0v) is 15.5. The van der Waals surface area contributed by atoms with Crippen LogP contribution in [0.4, 0.5) is 0 Å². The highest BCUT2D eigenvalue weighted by molar-refractivity contribution is 7.90. The lowest BCUT2D eigenvalue weighted by Gasteiger charge is -2.15. The van der Waals surface area contributed by atoms with Gasteiger partial charge in [-0.3, -0.25) is 4.79 Å². The monoisotopic (exact) mass is 377 g/mol. The summed E-state index contributed by atoms with van der Waals surface area (Å²) in [5, 5.41) is 9.13. The summed E-state index contributed by atoms with van der Waals surface area (Å²) in [6.45, 7) is 3.53. The van der Waals surface area contributed by atoms with Crippen LogP contribution in [0.1, 0.15) is 25.8 Å². The van der Waals surface area contributed by atoms with Crippen LogP contribution in [0.25, 0.3) is 0 Å². The summed E-state index contributed by atoms with van der Waals surface area (Å²) in [5.41, 5.74) is 0.321. The lowest BCUT2D eigenvalue weighted by molar-refractivity contribution is -0.142. The molecular formula is C15H23NO6S2. The molecule has 0 aromatic heterocycles.